The summed E-state index contributed by atoms with van der Waals surface area (Å²) in [6.07, 6.45) is 0. The molecule has 21 heavy (non-hydrogen) atoms. The molecule has 0 aromatic heterocycles. The molecule has 0 aliphatic heterocycles. The molecule has 0 radical (unpaired) electrons. The van der Waals surface area contributed by atoms with Crippen molar-refractivity contribution in [3.8, 4) is 6.07 Å². The van der Waals surface area contributed by atoms with Gasteiger partial charge in [0.15, 0.2) is 0 Å². The number of halogens is 2. The summed E-state index contributed by atoms with van der Waals surface area (Å²) < 4.78 is 0. The number of rotatable bonds is 4. The Morgan fingerprint density at radius 1 is 1.10 bits per heavy atom. The van der Waals surface area contributed by atoms with E-state index in [1.165, 1.54) is 0 Å². The zero-order valence-corrected chi connectivity index (χ0v) is 12.4. The molecule has 2 aromatic rings. The molecule has 2 rings (SSSR count). The van der Waals surface area contributed by atoms with Crippen LogP contribution >= 0.6 is 23.2 Å². The van der Waals surface area contributed by atoms with Gasteiger partial charge in [-0.3, -0.25) is 4.79 Å². The maximum Gasteiger partial charge on any atom is 0.243 e. The molecule has 0 bridgehead atoms. The smallest absolute Gasteiger partial charge is 0.243 e. The van der Waals surface area contributed by atoms with E-state index in [0.717, 1.165) is 0 Å². The first-order valence-electron chi connectivity index (χ1n) is 6.08. The molecule has 1 amide bonds. The number of nitrogens with one attached hydrogen (secondary N) is 2. The number of anilines is 2. The molecule has 0 atom stereocenters. The fourth-order valence-electron chi connectivity index (χ4n) is 1.71. The van der Waals surface area contributed by atoms with Crippen molar-refractivity contribution in [2.24, 2.45) is 0 Å². The number of nitriles is 1. The van der Waals surface area contributed by atoms with E-state index in [0.29, 0.717) is 27.0 Å². The Morgan fingerprint density at radius 2 is 1.76 bits per heavy atom. The lowest BCUT2D eigenvalue weighted by Crippen LogP contribution is -2.22. The summed E-state index contributed by atoms with van der Waals surface area (Å²) in [4.78, 5) is 11.9. The molecule has 6 heteroatoms. The van der Waals surface area contributed by atoms with Gasteiger partial charge in [-0.1, -0.05) is 41.4 Å². The van der Waals surface area contributed by atoms with Crippen LogP contribution in [0.5, 0.6) is 0 Å². The van der Waals surface area contributed by atoms with Gasteiger partial charge in [0.2, 0.25) is 5.91 Å². The number of hydrogen-bond acceptors (Lipinski definition) is 3. The van der Waals surface area contributed by atoms with E-state index in [4.69, 9.17) is 28.5 Å². The molecule has 0 unspecified atom stereocenters. The fourth-order valence-corrected chi connectivity index (χ4v) is 2.20. The quantitative estimate of drug-likeness (QED) is 0.897. The zero-order chi connectivity index (χ0) is 15.2. The number of carbonyl (C=O) groups excluding carboxylic acids is 1. The third-order valence-electron chi connectivity index (χ3n) is 2.71. The van der Waals surface area contributed by atoms with E-state index in [9.17, 15) is 4.79 Å². The molecule has 0 saturated heterocycles. The topological polar surface area (TPSA) is 64.9 Å². The first kappa shape index (κ1) is 15.2. The van der Waals surface area contributed by atoms with Crippen LogP contribution < -0.4 is 10.6 Å². The summed E-state index contributed by atoms with van der Waals surface area (Å²) in [7, 11) is 0. The molecule has 2 aromatic carbocycles. The van der Waals surface area contributed by atoms with E-state index in [2.05, 4.69) is 16.7 Å². The minimum atomic E-state index is -0.308. The summed E-state index contributed by atoms with van der Waals surface area (Å²) in [5.41, 5.74) is 1.45. The highest BCUT2D eigenvalue weighted by molar-refractivity contribution is 6.39. The van der Waals surface area contributed by atoms with Crippen LogP contribution in [0.3, 0.4) is 0 Å². The second-order valence-corrected chi connectivity index (χ2v) is 4.97. The Balaban J connectivity index is 2.02. The zero-order valence-electron chi connectivity index (χ0n) is 10.9. The van der Waals surface area contributed by atoms with Gasteiger partial charge in [-0.15, -0.1) is 0 Å². The van der Waals surface area contributed by atoms with Crippen LogP contribution in [0.2, 0.25) is 10.0 Å². The van der Waals surface area contributed by atoms with Crippen LogP contribution in [0.15, 0.2) is 42.5 Å². The predicted octanol–water partition coefficient (Wildman–Crippen LogP) is 3.92. The summed E-state index contributed by atoms with van der Waals surface area (Å²) in [5, 5.41) is 15.2. The van der Waals surface area contributed by atoms with Gasteiger partial charge in [-0.25, -0.2) is 0 Å². The van der Waals surface area contributed by atoms with Crippen molar-refractivity contribution in [3.05, 3.63) is 58.1 Å². The second-order valence-electron chi connectivity index (χ2n) is 4.16. The van der Waals surface area contributed by atoms with Crippen molar-refractivity contribution in [1.82, 2.24) is 0 Å². The summed E-state index contributed by atoms with van der Waals surface area (Å²) in [5.74, 6) is -0.308. The number of benzene rings is 2. The van der Waals surface area contributed by atoms with Crippen LogP contribution in [-0.4, -0.2) is 12.5 Å². The van der Waals surface area contributed by atoms with Crippen LogP contribution in [0.25, 0.3) is 0 Å². The number of nitrogens with zero attached hydrogens (tertiary/aromatic N) is 1. The molecular formula is C15H11Cl2N3O. The van der Waals surface area contributed by atoms with E-state index in [-0.39, 0.29) is 12.5 Å². The first-order chi connectivity index (χ1) is 10.1. The molecule has 0 spiro atoms. The van der Waals surface area contributed by atoms with Gasteiger partial charge in [-0.2, -0.15) is 5.26 Å². The number of para-hydroxylation sites is 2. The van der Waals surface area contributed by atoms with Crippen molar-refractivity contribution in [3.63, 3.8) is 0 Å². The Labute approximate surface area is 132 Å². The highest BCUT2D eigenvalue weighted by Crippen LogP contribution is 2.29. The number of carbonyl (C=O) groups is 1. The van der Waals surface area contributed by atoms with E-state index in [1.807, 2.05) is 0 Å². The molecule has 0 aliphatic carbocycles. The molecule has 0 saturated carbocycles. The van der Waals surface area contributed by atoms with Crippen molar-refractivity contribution in [2.75, 3.05) is 17.2 Å². The Kier molecular flexibility index (Phi) is 5.04. The predicted molar refractivity (Wildman–Crippen MR) is 84.7 cm³/mol. The fraction of sp³-hybridized carbons (Fsp3) is 0.0667. The number of amides is 1. The molecule has 0 aliphatic rings. The van der Waals surface area contributed by atoms with Crippen molar-refractivity contribution in [1.29, 1.82) is 5.26 Å². The Morgan fingerprint density at radius 3 is 2.43 bits per heavy atom. The van der Waals surface area contributed by atoms with Gasteiger partial charge in [0.05, 0.1) is 33.5 Å². The summed E-state index contributed by atoms with van der Waals surface area (Å²) in [6, 6.07) is 14.0. The van der Waals surface area contributed by atoms with Crippen molar-refractivity contribution < 1.29 is 4.79 Å². The molecular weight excluding hydrogens is 309 g/mol. The lowest BCUT2D eigenvalue weighted by molar-refractivity contribution is -0.114. The molecule has 4 nitrogen and oxygen atoms in total. The third-order valence-corrected chi connectivity index (χ3v) is 3.34. The van der Waals surface area contributed by atoms with Crippen LogP contribution in [0.1, 0.15) is 5.56 Å². The molecule has 106 valence electrons. The molecule has 2 N–H and O–H groups in total. The minimum Gasteiger partial charge on any atom is -0.375 e. The summed E-state index contributed by atoms with van der Waals surface area (Å²) in [6.45, 7) is 0.000243. The molecule has 0 fully saturated rings. The average Bonchev–Trinajstić information content (AvgIpc) is 2.49. The monoisotopic (exact) mass is 319 g/mol. The third kappa shape index (κ3) is 3.88. The van der Waals surface area contributed by atoms with Gasteiger partial charge in [0, 0.05) is 0 Å². The maximum absolute atomic E-state index is 11.9. The van der Waals surface area contributed by atoms with Gasteiger partial charge in [-0.05, 0) is 24.3 Å². The van der Waals surface area contributed by atoms with Gasteiger partial charge in [0.25, 0.3) is 0 Å². The number of hydrogen-bond donors (Lipinski definition) is 2. The van der Waals surface area contributed by atoms with E-state index < -0.39 is 0 Å². The largest absolute Gasteiger partial charge is 0.375 e. The van der Waals surface area contributed by atoms with E-state index in [1.54, 1.807) is 42.5 Å². The highest BCUT2D eigenvalue weighted by Gasteiger charge is 2.10. The van der Waals surface area contributed by atoms with Crippen LogP contribution in [0, 0.1) is 11.3 Å². The average molecular weight is 320 g/mol. The maximum atomic E-state index is 11.9. The van der Waals surface area contributed by atoms with E-state index >= 15 is 0 Å². The minimum absolute atomic E-state index is 0.000243. The first-order valence-corrected chi connectivity index (χ1v) is 6.84. The highest BCUT2D eigenvalue weighted by atomic mass is 35.5. The second kappa shape index (κ2) is 6.98. The van der Waals surface area contributed by atoms with Gasteiger partial charge in [0.1, 0.15) is 6.07 Å². The van der Waals surface area contributed by atoms with Crippen molar-refractivity contribution >= 4 is 40.5 Å². The summed E-state index contributed by atoms with van der Waals surface area (Å²) >= 11 is 12.0. The standard InChI is InChI=1S/C15H11Cl2N3O/c16-11-5-3-6-12(17)15(11)20-14(21)9-19-13-7-2-1-4-10(13)8-18/h1-7,19H,9H2,(H,20,21). The normalized spacial score (nSPS) is 9.76. The molecule has 0 heterocycles. The van der Waals surface area contributed by atoms with Crippen molar-refractivity contribution in [2.45, 2.75) is 0 Å². The SMILES string of the molecule is N#Cc1ccccc1NCC(=O)Nc1c(Cl)cccc1Cl. The van der Waals surface area contributed by atoms with Crippen LogP contribution in [-0.2, 0) is 4.79 Å². The Hall–Kier alpha value is -2.22. The van der Waals surface area contributed by atoms with Gasteiger partial charge >= 0.3 is 0 Å². The Bertz CT molecular complexity index is 690. The van der Waals surface area contributed by atoms with Crippen LogP contribution in [0.4, 0.5) is 11.4 Å². The lowest BCUT2D eigenvalue weighted by Gasteiger charge is -2.11. The lowest BCUT2D eigenvalue weighted by atomic mass is 10.2. The van der Waals surface area contributed by atoms with Gasteiger partial charge < -0.3 is 10.6 Å².